The third-order valence-electron chi connectivity index (χ3n) is 5.56. The van der Waals surface area contributed by atoms with Gasteiger partial charge in [0.1, 0.15) is 16.9 Å². The maximum atomic E-state index is 12.7. The van der Waals surface area contributed by atoms with E-state index >= 15 is 0 Å². The molecule has 0 saturated carbocycles. The number of anilines is 1. The molecule has 0 aliphatic carbocycles. The Morgan fingerprint density at radius 2 is 1.66 bits per heavy atom. The topological polar surface area (TPSA) is 122 Å². The molecule has 0 spiro atoms. The Morgan fingerprint density at radius 1 is 1.03 bits per heavy atom. The Bertz CT molecular complexity index is 1060. The number of hydrogen-bond donors (Lipinski definition) is 1. The standard InChI is InChI=1S/C25H41N5O5/c1-15(2)21-28-18-19(16(3)17(4)27-20(18)26)29(21)13-11-12-14-30(24(5,6)7)22(31)34-35-23(32)33-25(8,9)10/h15H,11-14H2,1-10H3,(H2,26,27). The first-order chi connectivity index (χ1) is 16.0. The molecule has 0 bridgehead atoms. The number of aryl methyl sites for hydroxylation is 3. The number of rotatable bonds is 6. The summed E-state index contributed by atoms with van der Waals surface area (Å²) in [6.07, 6.45) is -0.315. The van der Waals surface area contributed by atoms with Gasteiger partial charge in [0.25, 0.3) is 0 Å². The van der Waals surface area contributed by atoms with Crippen LogP contribution in [0.15, 0.2) is 0 Å². The minimum atomic E-state index is -1.06. The van der Waals surface area contributed by atoms with E-state index < -0.39 is 23.4 Å². The highest BCUT2D eigenvalue weighted by molar-refractivity contribution is 5.88. The lowest BCUT2D eigenvalue weighted by Gasteiger charge is -2.33. The Hall–Kier alpha value is -3.04. The molecule has 10 nitrogen and oxygen atoms in total. The van der Waals surface area contributed by atoms with Gasteiger partial charge in [-0.3, -0.25) is 0 Å². The number of carbonyl (C=O) groups is 2. The minimum Gasteiger partial charge on any atom is -0.426 e. The second-order valence-corrected chi connectivity index (χ2v) is 11.1. The molecular formula is C25H41N5O5. The van der Waals surface area contributed by atoms with Crippen LogP contribution in [-0.2, 0) is 21.1 Å². The molecule has 196 valence electrons. The summed E-state index contributed by atoms with van der Waals surface area (Å²) < 4.78 is 7.22. The van der Waals surface area contributed by atoms with Crippen LogP contribution < -0.4 is 5.73 Å². The number of carbonyl (C=O) groups excluding carboxylic acids is 2. The molecule has 0 radical (unpaired) electrons. The van der Waals surface area contributed by atoms with Crippen molar-refractivity contribution in [1.29, 1.82) is 0 Å². The van der Waals surface area contributed by atoms with E-state index in [9.17, 15) is 9.59 Å². The Balaban J connectivity index is 2.10. The van der Waals surface area contributed by atoms with E-state index in [1.165, 1.54) is 4.90 Å². The summed E-state index contributed by atoms with van der Waals surface area (Å²) in [7, 11) is 0. The van der Waals surface area contributed by atoms with Gasteiger partial charge in [-0.1, -0.05) is 13.8 Å². The monoisotopic (exact) mass is 491 g/mol. The van der Waals surface area contributed by atoms with E-state index in [1.807, 2.05) is 34.6 Å². The fourth-order valence-corrected chi connectivity index (χ4v) is 3.81. The van der Waals surface area contributed by atoms with Crippen molar-refractivity contribution in [3.05, 3.63) is 17.1 Å². The fourth-order valence-electron chi connectivity index (χ4n) is 3.81. The van der Waals surface area contributed by atoms with Gasteiger partial charge >= 0.3 is 12.2 Å². The number of nitrogens with zero attached hydrogens (tertiary/aromatic N) is 4. The SMILES string of the molecule is Cc1nc(N)c2nc(C(C)C)n(CCCCN(C(=O)OOC(=O)OC(C)(C)C)C(C)(C)C)c2c1C. The van der Waals surface area contributed by atoms with Crippen LogP contribution in [0.2, 0.25) is 0 Å². The van der Waals surface area contributed by atoms with Gasteiger partial charge in [-0.15, -0.1) is 0 Å². The van der Waals surface area contributed by atoms with Crippen molar-refractivity contribution in [2.45, 2.75) is 106 Å². The smallest absolute Gasteiger partial charge is 0.426 e. The van der Waals surface area contributed by atoms with Crippen molar-refractivity contribution < 1.29 is 24.1 Å². The van der Waals surface area contributed by atoms with Gasteiger partial charge in [0.2, 0.25) is 0 Å². The van der Waals surface area contributed by atoms with Crippen LogP contribution in [0.1, 0.15) is 91.2 Å². The highest BCUT2D eigenvalue weighted by Crippen LogP contribution is 2.29. The van der Waals surface area contributed by atoms with E-state index in [2.05, 4.69) is 28.3 Å². The van der Waals surface area contributed by atoms with Crippen LogP contribution in [0.5, 0.6) is 0 Å². The maximum Gasteiger partial charge on any atom is 0.550 e. The summed E-state index contributed by atoms with van der Waals surface area (Å²) in [4.78, 5) is 44.5. The van der Waals surface area contributed by atoms with Gasteiger partial charge in [-0.25, -0.2) is 24.5 Å². The number of nitrogen functional groups attached to an aromatic ring is 1. The molecule has 0 unspecified atom stereocenters. The number of ether oxygens (including phenoxy) is 1. The average Bonchev–Trinajstić information content (AvgIpc) is 3.08. The number of unbranched alkanes of at least 4 members (excludes halogenated alkanes) is 1. The zero-order valence-corrected chi connectivity index (χ0v) is 22.8. The normalized spacial score (nSPS) is 12.2. The molecule has 0 atom stereocenters. The lowest BCUT2D eigenvalue weighted by Crippen LogP contribution is -2.46. The largest absolute Gasteiger partial charge is 0.550 e. The number of pyridine rings is 1. The fraction of sp³-hybridized carbons (Fsp3) is 0.680. The Kier molecular flexibility index (Phi) is 8.62. The van der Waals surface area contributed by atoms with Crippen LogP contribution >= 0.6 is 0 Å². The van der Waals surface area contributed by atoms with Gasteiger partial charge < -0.3 is 19.9 Å². The van der Waals surface area contributed by atoms with E-state index in [1.54, 1.807) is 20.8 Å². The van der Waals surface area contributed by atoms with Crippen LogP contribution in [0.25, 0.3) is 11.0 Å². The highest BCUT2D eigenvalue weighted by atomic mass is 17.2. The molecule has 2 heterocycles. The van der Waals surface area contributed by atoms with E-state index in [-0.39, 0.29) is 5.92 Å². The molecule has 0 fully saturated rings. The first-order valence-electron chi connectivity index (χ1n) is 12.0. The molecule has 1 amide bonds. The average molecular weight is 492 g/mol. The predicted octanol–water partition coefficient (Wildman–Crippen LogP) is 5.64. The summed E-state index contributed by atoms with van der Waals surface area (Å²) in [5.74, 6) is 1.61. The number of amides is 1. The number of aromatic nitrogens is 3. The predicted molar refractivity (Wildman–Crippen MR) is 135 cm³/mol. The third-order valence-corrected chi connectivity index (χ3v) is 5.56. The molecule has 0 saturated heterocycles. The minimum absolute atomic E-state index is 0.215. The van der Waals surface area contributed by atoms with E-state index in [4.69, 9.17) is 20.3 Å². The molecule has 0 aliphatic rings. The second kappa shape index (κ2) is 10.7. The van der Waals surface area contributed by atoms with Crippen molar-refractivity contribution in [2.75, 3.05) is 12.3 Å². The van der Waals surface area contributed by atoms with Gasteiger partial charge in [0.15, 0.2) is 5.82 Å². The lowest BCUT2D eigenvalue weighted by molar-refractivity contribution is -0.218. The zero-order valence-electron chi connectivity index (χ0n) is 22.8. The lowest BCUT2D eigenvalue weighted by atomic mass is 10.1. The van der Waals surface area contributed by atoms with Gasteiger partial charge in [-0.05, 0) is 73.8 Å². The highest BCUT2D eigenvalue weighted by Gasteiger charge is 2.30. The Labute approximate surface area is 208 Å². The van der Waals surface area contributed by atoms with Gasteiger partial charge in [0, 0.05) is 30.2 Å². The van der Waals surface area contributed by atoms with Crippen molar-refractivity contribution in [3.63, 3.8) is 0 Å². The summed E-state index contributed by atoms with van der Waals surface area (Å²) in [5.41, 5.74) is 8.58. The number of nitrogens with two attached hydrogens (primary N) is 1. The van der Waals surface area contributed by atoms with Crippen LogP contribution in [0.3, 0.4) is 0 Å². The molecule has 2 rings (SSSR count). The molecular weight excluding hydrogens is 450 g/mol. The molecule has 10 heteroatoms. The van der Waals surface area contributed by atoms with Crippen molar-refractivity contribution in [1.82, 2.24) is 19.4 Å². The zero-order chi connectivity index (χ0) is 26.7. The summed E-state index contributed by atoms with van der Waals surface area (Å²) in [6, 6.07) is 0. The van der Waals surface area contributed by atoms with Crippen LogP contribution in [-0.4, -0.2) is 49.4 Å². The summed E-state index contributed by atoms with van der Waals surface area (Å²) in [5, 5.41) is 0. The Morgan fingerprint density at radius 3 is 2.20 bits per heavy atom. The molecule has 35 heavy (non-hydrogen) atoms. The molecule has 2 aromatic rings. The van der Waals surface area contributed by atoms with E-state index in [0.29, 0.717) is 18.8 Å². The summed E-state index contributed by atoms with van der Waals surface area (Å²) >= 11 is 0. The number of imidazole rings is 1. The summed E-state index contributed by atoms with van der Waals surface area (Å²) in [6.45, 7) is 20.1. The third kappa shape index (κ3) is 7.22. The molecule has 0 aromatic carbocycles. The quantitative estimate of drug-likeness (QED) is 0.238. The number of hydrogen-bond acceptors (Lipinski definition) is 8. The molecule has 2 N–H and O–H groups in total. The van der Waals surface area contributed by atoms with E-state index in [0.717, 1.165) is 41.1 Å². The molecule has 0 aliphatic heterocycles. The number of fused-ring (bicyclic) bond motifs is 1. The van der Waals surface area contributed by atoms with Crippen LogP contribution in [0, 0.1) is 13.8 Å². The maximum absolute atomic E-state index is 12.7. The second-order valence-electron chi connectivity index (χ2n) is 11.1. The first kappa shape index (κ1) is 28.2. The van der Waals surface area contributed by atoms with Crippen molar-refractivity contribution >= 4 is 29.1 Å². The molecule has 2 aromatic heterocycles. The first-order valence-corrected chi connectivity index (χ1v) is 12.0. The van der Waals surface area contributed by atoms with Gasteiger partial charge in [0.05, 0.1) is 5.52 Å². The van der Waals surface area contributed by atoms with Crippen molar-refractivity contribution in [2.24, 2.45) is 0 Å². The van der Waals surface area contributed by atoms with Crippen LogP contribution in [0.4, 0.5) is 15.4 Å². The van der Waals surface area contributed by atoms with Gasteiger partial charge in [-0.2, -0.15) is 4.79 Å². The van der Waals surface area contributed by atoms with Crippen molar-refractivity contribution in [3.8, 4) is 0 Å².